The lowest BCUT2D eigenvalue weighted by Crippen LogP contribution is -2.33. The van der Waals surface area contributed by atoms with Crippen molar-refractivity contribution in [2.75, 3.05) is 13.2 Å². The summed E-state index contributed by atoms with van der Waals surface area (Å²) in [7, 11) is -3.94. The maximum Gasteiger partial charge on any atom is 0.459 e. The molecular formula is C23H30N3O7P. The quantitative estimate of drug-likeness (QED) is 0.295. The molecule has 1 aromatic carbocycles. The predicted molar refractivity (Wildman–Crippen MR) is 127 cm³/mol. The molecule has 11 heteroatoms. The second-order valence-corrected chi connectivity index (χ2v) is 10.2. The minimum atomic E-state index is -3.94. The van der Waals surface area contributed by atoms with Gasteiger partial charge in [-0.15, -0.1) is 0 Å². The molecule has 0 saturated heterocycles. The van der Waals surface area contributed by atoms with Gasteiger partial charge in [-0.1, -0.05) is 24.8 Å². The van der Waals surface area contributed by atoms with E-state index in [1.54, 1.807) is 51.1 Å². The largest absolute Gasteiger partial charge is 0.462 e. The van der Waals surface area contributed by atoms with Crippen molar-refractivity contribution in [1.82, 2.24) is 14.6 Å². The highest BCUT2D eigenvalue weighted by Gasteiger charge is 2.35. The highest BCUT2D eigenvalue weighted by Crippen LogP contribution is 2.47. The van der Waals surface area contributed by atoms with Gasteiger partial charge in [0.1, 0.15) is 12.3 Å². The summed E-state index contributed by atoms with van der Waals surface area (Å²) >= 11 is 0. The average molecular weight is 491 g/mol. The Morgan fingerprint density at radius 1 is 1.26 bits per heavy atom. The van der Waals surface area contributed by atoms with E-state index in [2.05, 4.69) is 16.7 Å². The zero-order valence-electron chi connectivity index (χ0n) is 19.5. The van der Waals surface area contributed by atoms with Gasteiger partial charge in [0.15, 0.2) is 0 Å². The molecule has 1 fully saturated rings. The summed E-state index contributed by atoms with van der Waals surface area (Å²) in [6, 6.07) is 8.16. The van der Waals surface area contributed by atoms with Gasteiger partial charge in [-0.2, -0.15) is 0 Å². The van der Waals surface area contributed by atoms with Crippen LogP contribution in [0.3, 0.4) is 0 Å². The lowest BCUT2D eigenvalue weighted by Gasteiger charge is -2.23. The zero-order valence-corrected chi connectivity index (χ0v) is 20.4. The Balaban J connectivity index is 1.70. The number of benzene rings is 1. The number of ether oxygens (including phenoxy) is 1. The molecule has 3 rings (SSSR count). The third-order valence-electron chi connectivity index (χ3n) is 5.42. The number of hydrogen-bond donors (Lipinski definition) is 2. The molecule has 0 amide bonds. The summed E-state index contributed by atoms with van der Waals surface area (Å²) in [5.74, 6) is -0.483. The SMILES string of the molecule is C=C1C(COP(=O)(NCC(=O)OC(C)C)Oc2ccccc2)CCC1n1cc(C)c(=O)[nH]c1=O. The molecule has 1 saturated carbocycles. The number of aromatic amines is 1. The lowest BCUT2D eigenvalue weighted by molar-refractivity contribution is -0.145. The number of nitrogens with one attached hydrogen (secondary N) is 2. The van der Waals surface area contributed by atoms with Crippen LogP contribution in [0.1, 0.15) is 38.3 Å². The molecule has 0 bridgehead atoms. The molecule has 2 aromatic rings. The first kappa shape index (κ1) is 25.7. The molecule has 3 unspecified atom stereocenters. The van der Waals surface area contributed by atoms with Crippen molar-refractivity contribution in [3.63, 3.8) is 0 Å². The van der Waals surface area contributed by atoms with E-state index in [1.807, 2.05) is 0 Å². The van der Waals surface area contributed by atoms with Crippen molar-refractivity contribution in [1.29, 1.82) is 0 Å². The second-order valence-electron chi connectivity index (χ2n) is 8.41. The van der Waals surface area contributed by atoms with Crippen LogP contribution in [0.25, 0.3) is 0 Å². The summed E-state index contributed by atoms with van der Waals surface area (Å²) < 4.78 is 31.3. The van der Waals surface area contributed by atoms with E-state index in [4.69, 9.17) is 13.8 Å². The van der Waals surface area contributed by atoms with E-state index in [0.717, 1.165) is 5.57 Å². The predicted octanol–water partition coefficient (Wildman–Crippen LogP) is 3.10. The minimum absolute atomic E-state index is 0.00274. The zero-order chi connectivity index (χ0) is 24.9. The van der Waals surface area contributed by atoms with Gasteiger partial charge < -0.3 is 9.26 Å². The fourth-order valence-corrected chi connectivity index (χ4v) is 5.01. The molecular weight excluding hydrogens is 461 g/mol. The minimum Gasteiger partial charge on any atom is -0.462 e. The summed E-state index contributed by atoms with van der Waals surface area (Å²) in [5.41, 5.74) is 0.210. The number of carbonyl (C=O) groups is 1. The second kappa shape index (κ2) is 11.0. The highest BCUT2D eigenvalue weighted by molar-refractivity contribution is 7.52. The maximum atomic E-state index is 13.4. The Kier molecular flexibility index (Phi) is 8.30. The topological polar surface area (TPSA) is 129 Å². The van der Waals surface area contributed by atoms with E-state index < -0.39 is 25.0 Å². The molecule has 3 atom stereocenters. The van der Waals surface area contributed by atoms with Crippen LogP contribution in [0, 0.1) is 12.8 Å². The van der Waals surface area contributed by atoms with Gasteiger partial charge >= 0.3 is 19.4 Å². The molecule has 1 aliphatic carbocycles. The summed E-state index contributed by atoms with van der Waals surface area (Å²) in [6.07, 6.45) is 2.44. The molecule has 0 spiro atoms. The number of aromatic nitrogens is 2. The Morgan fingerprint density at radius 2 is 1.97 bits per heavy atom. The van der Waals surface area contributed by atoms with Crippen molar-refractivity contribution in [2.24, 2.45) is 5.92 Å². The molecule has 2 N–H and O–H groups in total. The molecule has 1 heterocycles. The number of aryl methyl sites for hydroxylation is 1. The summed E-state index contributed by atoms with van der Waals surface area (Å²) in [6.45, 7) is 8.82. The first-order valence-electron chi connectivity index (χ1n) is 11.0. The first-order chi connectivity index (χ1) is 16.1. The van der Waals surface area contributed by atoms with Gasteiger partial charge in [0.2, 0.25) is 0 Å². The van der Waals surface area contributed by atoms with E-state index >= 15 is 0 Å². The lowest BCUT2D eigenvalue weighted by atomic mass is 10.0. The molecule has 0 aliphatic heterocycles. The Labute approximate surface area is 197 Å². The monoisotopic (exact) mass is 491 g/mol. The molecule has 1 aromatic heterocycles. The molecule has 10 nitrogen and oxygen atoms in total. The van der Waals surface area contributed by atoms with Crippen LogP contribution in [0.2, 0.25) is 0 Å². The average Bonchev–Trinajstić information content (AvgIpc) is 3.14. The third-order valence-corrected chi connectivity index (χ3v) is 6.91. The van der Waals surface area contributed by atoms with Gasteiger partial charge in [-0.05, 0) is 51.3 Å². The van der Waals surface area contributed by atoms with Gasteiger partial charge in [0.05, 0.1) is 18.8 Å². The van der Waals surface area contributed by atoms with Gasteiger partial charge in [-0.3, -0.25) is 23.7 Å². The van der Waals surface area contributed by atoms with Crippen LogP contribution in [0.15, 0.2) is 58.3 Å². The number of esters is 1. The number of rotatable bonds is 10. The van der Waals surface area contributed by atoms with Crippen LogP contribution >= 0.6 is 7.75 Å². The van der Waals surface area contributed by atoms with Crippen LogP contribution in [-0.2, 0) is 18.6 Å². The van der Waals surface area contributed by atoms with Crippen molar-refractivity contribution in [3.05, 3.63) is 75.1 Å². The van der Waals surface area contributed by atoms with E-state index in [0.29, 0.717) is 24.2 Å². The number of carbonyl (C=O) groups excluding carboxylic acids is 1. The Bertz CT molecular complexity index is 1190. The summed E-state index contributed by atoms with van der Waals surface area (Å²) in [4.78, 5) is 38.2. The smallest absolute Gasteiger partial charge is 0.459 e. The van der Waals surface area contributed by atoms with Crippen molar-refractivity contribution in [2.45, 2.75) is 45.8 Å². The standard InChI is InChI=1S/C23H30N3O7P/c1-15(2)32-21(27)12-24-34(30,33-19-8-6-5-7-9-19)31-14-18-10-11-20(17(18)4)26-13-16(3)22(28)25-23(26)29/h5-9,13,15,18,20H,4,10-12,14H2,1-3H3,(H,24,30)(H,25,28,29). The number of H-pyrrole nitrogens is 1. The Hall–Kier alpha value is -2.94. The molecule has 34 heavy (non-hydrogen) atoms. The Morgan fingerprint density at radius 3 is 2.65 bits per heavy atom. The van der Waals surface area contributed by atoms with Crippen LogP contribution in [0.4, 0.5) is 0 Å². The first-order valence-corrected chi connectivity index (χ1v) is 12.6. The van der Waals surface area contributed by atoms with Gasteiger partial charge in [-0.25, -0.2) is 14.4 Å². The fraction of sp³-hybridized carbons (Fsp3) is 0.435. The van der Waals surface area contributed by atoms with Crippen LogP contribution < -0.4 is 20.9 Å². The van der Waals surface area contributed by atoms with Crippen LogP contribution in [0.5, 0.6) is 5.75 Å². The van der Waals surface area contributed by atoms with E-state index in [-0.39, 0.29) is 31.2 Å². The van der Waals surface area contributed by atoms with Crippen LogP contribution in [-0.4, -0.2) is 34.8 Å². The van der Waals surface area contributed by atoms with E-state index in [1.165, 1.54) is 10.8 Å². The molecule has 1 aliphatic rings. The van der Waals surface area contributed by atoms with E-state index in [9.17, 15) is 18.9 Å². The number of para-hydroxylation sites is 1. The molecule has 0 radical (unpaired) electrons. The normalized spacial score (nSPS) is 19.7. The summed E-state index contributed by atoms with van der Waals surface area (Å²) in [5, 5.41) is 2.57. The number of hydrogen-bond acceptors (Lipinski definition) is 7. The van der Waals surface area contributed by atoms with Gasteiger partial charge in [0, 0.05) is 17.7 Å². The highest BCUT2D eigenvalue weighted by atomic mass is 31.2. The van der Waals surface area contributed by atoms with Crippen molar-refractivity contribution >= 4 is 13.7 Å². The third kappa shape index (κ3) is 6.56. The van der Waals surface area contributed by atoms with Crippen molar-refractivity contribution in [3.8, 4) is 5.75 Å². The van der Waals surface area contributed by atoms with Gasteiger partial charge in [0.25, 0.3) is 5.56 Å². The fourth-order valence-electron chi connectivity index (χ4n) is 3.71. The van der Waals surface area contributed by atoms with Crippen molar-refractivity contribution < 1.29 is 23.1 Å². The number of nitrogens with zero attached hydrogens (tertiary/aromatic N) is 1. The molecule has 184 valence electrons. The maximum absolute atomic E-state index is 13.4.